The largest absolute Gasteiger partial charge is 0.464 e. The number of ether oxygens (including phenoxy) is 1. The zero-order valence-electron chi connectivity index (χ0n) is 7.26. The van der Waals surface area contributed by atoms with Crippen LogP contribution < -0.4 is 5.32 Å². The molecule has 0 aliphatic carbocycles. The molecule has 1 rings (SSSR count). The normalized spacial score (nSPS) is 16.7. The summed E-state index contributed by atoms with van der Waals surface area (Å²) in [7, 11) is 0. The lowest BCUT2D eigenvalue weighted by molar-refractivity contribution is -0.140. The maximum atomic E-state index is 11.1. The third kappa shape index (κ3) is 2.12. The van der Waals surface area contributed by atoms with E-state index in [1.807, 2.05) is 13.0 Å². The number of hydrogen-bond acceptors (Lipinski definition) is 3. The van der Waals surface area contributed by atoms with Crippen LogP contribution in [0.5, 0.6) is 0 Å². The van der Waals surface area contributed by atoms with E-state index in [1.165, 1.54) is 0 Å². The molecule has 0 saturated carbocycles. The van der Waals surface area contributed by atoms with Crippen molar-refractivity contribution in [1.82, 2.24) is 5.32 Å². The van der Waals surface area contributed by atoms with Crippen molar-refractivity contribution in [2.75, 3.05) is 6.61 Å². The molecule has 3 heteroatoms. The smallest absolute Gasteiger partial charge is 0.339 e. The first kappa shape index (κ1) is 8.84. The number of esters is 1. The Balaban J connectivity index is 2.54. The summed E-state index contributed by atoms with van der Waals surface area (Å²) in [5.74, 6) is -0.304. The van der Waals surface area contributed by atoms with E-state index in [4.69, 9.17) is 4.74 Å². The van der Waals surface area contributed by atoms with Crippen molar-refractivity contribution in [3.05, 3.63) is 30.0 Å². The molecule has 0 aromatic rings. The van der Waals surface area contributed by atoms with Crippen LogP contribution in [0, 0.1) is 6.04 Å². The molecule has 0 bridgehead atoms. The standard InChI is InChI=1S/C9H12NO2/c1-3-12-9(11)8-6-7(2)4-5-10-8/h4-6,10H,3H2,1-2H3. The molecule has 1 N–H and O–H groups in total. The summed E-state index contributed by atoms with van der Waals surface area (Å²) in [6, 6.07) is 0.497. The first-order chi connectivity index (χ1) is 5.74. The highest BCUT2D eigenvalue weighted by Crippen LogP contribution is 2.10. The van der Waals surface area contributed by atoms with Gasteiger partial charge in [-0.15, -0.1) is 0 Å². The molecule has 0 spiro atoms. The lowest BCUT2D eigenvalue weighted by Crippen LogP contribution is -2.26. The minimum atomic E-state index is -0.304. The fourth-order valence-corrected chi connectivity index (χ4v) is 0.907. The van der Waals surface area contributed by atoms with Gasteiger partial charge in [0.1, 0.15) is 0 Å². The molecule has 0 atom stereocenters. The summed E-state index contributed by atoms with van der Waals surface area (Å²) in [5, 5.41) is 2.82. The molecule has 1 heterocycles. The number of hydrogen-bond donors (Lipinski definition) is 1. The van der Waals surface area contributed by atoms with Gasteiger partial charge in [-0.3, -0.25) is 0 Å². The minimum Gasteiger partial charge on any atom is -0.464 e. The zero-order chi connectivity index (χ0) is 8.97. The van der Waals surface area contributed by atoms with Gasteiger partial charge in [0.15, 0.2) is 6.04 Å². The predicted octanol–water partition coefficient (Wildman–Crippen LogP) is 1.14. The topological polar surface area (TPSA) is 38.3 Å². The van der Waals surface area contributed by atoms with E-state index >= 15 is 0 Å². The van der Waals surface area contributed by atoms with E-state index in [2.05, 4.69) is 5.32 Å². The van der Waals surface area contributed by atoms with Gasteiger partial charge in [-0.05, 0) is 32.2 Å². The number of nitrogens with one attached hydrogen (secondary N) is 1. The Labute approximate surface area is 72.1 Å². The molecule has 0 saturated heterocycles. The van der Waals surface area contributed by atoms with E-state index in [1.54, 1.807) is 19.2 Å². The molecule has 3 nitrogen and oxygen atoms in total. The Bertz CT molecular complexity index is 231. The maximum Gasteiger partial charge on any atom is 0.339 e. The van der Waals surface area contributed by atoms with Gasteiger partial charge in [0.25, 0.3) is 0 Å². The first-order valence-electron chi connectivity index (χ1n) is 3.89. The van der Waals surface area contributed by atoms with E-state index in [0.717, 1.165) is 5.57 Å². The fraction of sp³-hybridized carbons (Fsp3) is 0.333. The molecule has 12 heavy (non-hydrogen) atoms. The van der Waals surface area contributed by atoms with Crippen LogP contribution in [0.4, 0.5) is 0 Å². The fourth-order valence-electron chi connectivity index (χ4n) is 0.907. The molecule has 1 aliphatic heterocycles. The highest BCUT2D eigenvalue weighted by Gasteiger charge is 2.18. The quantitative estimate of drug-likeness (QED) is 0.625. The Morgan fingerprint density at radius 2 is 2.42 bits per heavy atom. The maximum absolute atomic E-state index is 11.1. The third-order valence-corrected chi connectivity index (χ3v) is 1.45. The van der Waals surface area contributed by atoms with E-state index < -0.39 is 0 Å². The van der Waals surface area contributed by atoms with E-state index in [-0.39, 0.29) is 5.97 Å². The number of carbonyl (C=O) groups excluding carboxylic acids is 1. The van der Waals surface area contributed by atoms with Gasteiger partial charge in [0.2, 0.25) is 0 Å². The molecular formula is C9H12NO2. The van der Waals surface area contributed by atoms with E-state index in [0.29, 0.717) is 12.6 Å². The monoisotopic (exact) mass is 166 g/mol. The van der Waals surface area contributed by atoms with Crippen molar-refractivity contribution in [3.63, 3.8) is 0 Å². The highest BCUT2D eigenvalue weighted by molar-refractivity contribution is 5.87. The molecule has 0 aromatic heterocycles. The van der Waals surface area contributed by atoms with Gasteiger partial charge in [-0.2, -0.15) is 0 Å². The predicted molar refractivity (Wildman–Crippen MR) is 45.9 cm³/mol. The molecule has 0 amide bonds. The summed E-state index contributed by atoms with van der Waals surface area (Å²) in [5.41, 5.74) is 1.04. The van der Waals surface area contributed by atoms with Gasteiger partial charge in [-0.1, -0.05) is 5.57 Å². The summed E-state index contributed by atoms with van der Waals surface area (Å²) in [4.78, 5) is 11.1. The number of allylic oxidation sites excluding steroid dienone is 2. The average molecular weight is 166 g/mol. The van der Waals surface area contributed by atoms with Crippen LogP contribution in [0.3, 0.4) is 0 Å². The molecule has 1 aliphatic rings. The lowest BCUT2D eigenvalue weighted by Gasteiger charge is -2.14. The molecule has 0 aromatic carbocycles. The van der Waals surface area contributed by atoms with Crippen molar-refractivity contribution in [2.24, 2.45) is 0 Å². The van der Waals surface area contributed by atoms with Crippen molar-refractivity contribution < 1.29 is 9.53 Å². The Kier molecular flexibility index (Phi) is 2.91. The average Bonchev–Trinajstić information content (AvgIpc) is 2.05. The van der Waals surface area contributed by atoms with Crippen molar-refractivity contribution in [3.8, 4) is 0 Å². The molecular weight excluding hydrogens is 154 g/mol. The van der Waals surface area contributed by atoms with E-state index in [9.17, 15) is 4.79 Å². The lowest BCUT2D eigenvalue weighted by atomic mass is 10.1. The van der Waals surface area contributed by atoms with Crippen LogP contribution >= 0.6 is 0 Å². The van der Waals surface area contributed by atoms with Gasteiger partial charge in [0, 0.05) is 0 Å². The number of rotatable bonds is 2. The second-order valence-corrected chi connectivity index (χ2v) is 2.50. The Hall–Kier alpha value is -1.25. The van der Waals surface area contributed by atoms with Crippen molar-refractivity contribution in [1.29, 1.82) is 0 Å². The zero-order valence-corrected chi connectivity index (χ0v) is 7.26. The highest BCUT2D eigenvalue weighted by atomic mass is 16.5. The Morgan fingerprint density at radius 1 is 1.67 bits per heavy atom. The van der Waals surface area contributed by atoms with Crippen molar-refractivity contribution >= 4 is 5.97 Å². The van der Waals surface area contributed by atoms with Gasteiger partial charge < -0.3 is 10.1 Å². The number of carbonyl (C=O) groups is 1. The van der Waals surface area contributed by atoms with Crippen LogP contribution in [0.1, 0.15) is 13.8 Å². The SMILES string of the molecule is CCOC(=O)[C]1C=C(C)C=CN1. The summed E-state index contributed by atoms with van der Waals surface area (Å²) in [6.07, 6.45) is 5.38. The molecule has 65 valence electrons. The van der Waals surface area contributed by atoms with Crippen LogP contribution in [0.15, 0.2) is 23.9 Å². The number of dihydropyridines is 1. The summed E-state index contributed by atoms with van der Waals surface area (Å²) in [6.45, 7) is 4.12. The summed E-state index contributed by atoms with van der Waals surface area (Å²) < 4.78 is 4.81. The molecule has 1 radical (unpaired) electrons. The second kappa shape index (κ2) is 3.95. The van der Waals surface area contributed by atoms with Crippen LogP contribution in [-0.4, -0.2) is 12.6 Å². The molecule has 0 fully saturated rings. The van der Waals surface area contributed by atoms with Gasteiger partial charge in [0.05, 0.1) is 6.61 Å². The van der Waals surface area contributed by atoms with Crippen LogP contribution in [-0.2, 0) is 9.53 Å². The van der Waals surface area contributed by atoms with Gasteiger partial charge in [-0.25, -0.2) is 4.79 Å². The van der Waals surface area contributed by atoms with Gasteiger partial charge >= 0.3 is 5.97 Å². The first-order valence-corrected chi connectivity index (χ1v) is 3.89. The van der Waals surface area contributed by atoms with Crippen LogP contribution in [0.2, 0.25) is 0 Å². The second-order valence-electron chi connectivity index (χ2n) is 2.50. The van der Waals surface area contributed by atoms with Crippen molar-refractivity contribution in [2.45, 2.75) is 13.8 Å². The third-order valence-electron chi connectivity index (χ3n) is 1.45. The van der Waals surface area contributed by atoms with Crippen LogP contribution in [0.25, 0.3) is 0 Å². The minimum absolute atomic E-state index is 0.304. The Morgan fingerprint density at radius 3 is 3.00 bits per heavy atom. The molecule has 0 unspecified atom stereocenters. The summed E-state index contributed by atoms with van der Waals surface area (Å²) >= 11 is 0.